The average Bonchev–Trinajstić information content (AvgIpc) is 3.28. The first-order valence-corrected chi connectivity index (χ1v) is 14.7. The van der Waals surface area contributed by atoms with E-state index in [2.05, 4.69) is 16.4 Å². The lowest BCUT2D eigenvalue weighted by Gasteiger charge is -2.29. The molecule has 0 saturated heterocycles. The molecule has 0 spiro atoms. The van der Waals surface area contributed by atoms with Crippen LogP contribution in [0, 0.1) is 17.5 Å². The molecule has 5 rings (SSSR count). The quantitative estimate of drug-likeness (QED) is 0.128. The minimum absolute atomic E-state index is 0.214. The van der Waals surface area contributed by atoms with Crippen molar-refractivity contribution in [1.29, 1.82) is 0 Å². The number of nitrogens with zero attached hydrogens (tertiary/aromatic N) is 2. The van der Waals surface area contributed by atoms with Gasteiger partial charge < -0.3 is 9.30 Å². The van der Waals surface area contributed by atoms with Gasteiger partial charge in [-0.05, 0) is 91.5 Å². The van der Waals surface area contributed by atoms with E-state index in [1.54, 1.807) is 36.4 Å². The Kier molecular flexibility index (Phi) is 9.45. The third-order valence-corrected chi connectivity index (χ3v) is 7.96. The van der Waals surface area contributed by atoms with Crippen molar-refractivity contribution in [3.8, 4) is 5.69 Å². The van der Waals surface area contributed by atoms with Gasteiger partial charge in [-0.1, -0.05) is 38.3 Å². The van der Waals surface area contributed by atoms with Crippen molar-refractivity contribution in [2.45, 2.75) is 70.9 Å². The van der Waals surface area contributed by atoms with Crippen molar-refractivity contribution in [2.24, 2.45) is 0 Å². The number of carbonyl (C=O) groups is 1. The van der Waals surface area contributed by atoms with Crippen molar-refractivity contribution in [2.75, 3.05) is 13.1 Å². The summed E-state index contributed by atoms with van der Waals surface area (Å²) in [4.78, 5) is 14.9. The van der Waals surface area contributed by atoms with E-state index < -0.39 is 6.10 Å². The van der Waals surface area contributed by atoms with E-state index in [1.807, 2.05) is 0 Å². The predicted octanol–water partition coefficient (Wildman–Crippen LogP) is 8.44. The summed E-state index contributed by atoms with van der Waals surface area (Å²) in [6.07, 6.45) is 6.17. The fraction of sp³-hybridized carbons (Fsp3) is 0.382. The number of unbranched alkanes of at least 4 members (excludes halogenated alkanes) is 3. The van der Waals surface area contributed by atoms with Crippen LogP contribution in [0.2, 0.25) is 0 Å². The van der Waals surface area contributed by atoms with Crippen molar-refractivity contribution in [3.05, 3.63) is 101 Å². The van der Waals surface area contributed by atoms with Gasteiger partial charge in [0, 0.05) is 42.7 Å². The molecule has 1 aliphatic heterocycles. The molecule has 41 heavy (non-hydrogen) atoms. The number of ether oxygens (including phenoxy) is 1. The molecule has 1 aliphatic rings. The second-order valence-electron chi connectivity index (χ2n) is 10.9. The van der Waals surface area contributed by atoms with Crippen LogP contribution in [0.5, 0.6) is 0 Å². The van der Waals surface area contributed by atoms with E-state index in [1.165, 1.54) is 30.3 Å². The van der Waals surface area contributed by atoms with Crippen LogP contribution in [0.15, 0.2) is 66.7 Å². The lowest BCUT2D eigenvalue weighted by molar-refractivity contribution is -0.150. The molecule has 2 heterocycles. The second-order valence-corrected chi connectivity index (χ2v) is 10.9. The summed E-state index contributed by atoms with van der Waals surface area (Å²) in [5, 5.41) is 0.871. The molecule has 1 atom stereocenters. The van der Waals surface area contributed by atoms with Crippen LogP contribution < -0.4 is 0 Å². The molecule has 1 unspecified atom stereocenters. The molecule has 0 radical (unpaired) electrons. The number of rotatable bonds is 12. The van der Waals surface area contributed by atoms with Crippen LogP contribution in [0.3, 0.4) is 0 Å². The first-order valence-electron chi connectivity index (χ1n) is 14.7. The Morgan fingerprint density at radius 3 is 2.32 bits per heavy atom. The summed E-state index contributed by atoms with van der Waals surface area (Å²) >= 11 is 0. The molecule has 0 bridgehead atoms. The highest BCUT2D eigenvalue weighted by molar-refractivity contribution is 5.87. The smallest absolute Gasteiger partial charge is 0.306 e. The van der Waals surface area contributed by atoms with E-state index in [9.17, 15) is 18.0 Å². The van der Waals surface area contributed by atoms with Crippen LogP contribution in [0.1, 0.15) is 74.8 Å². The Hall–Kier alpha value is -3.58. The Bertz CT molecular complexity index is 1460. The molecule has 0 N–H and O–H groups in total. The normalized spacial score (nSPS) is 14.2. The van der Waals surface area contributed by atoms with Crippen LogP contribution in [-0.4, -0.2) is 28.5 Å². The van der Waals surface area contributed by atoms with Crippen molar-refractivity contribution in [1.82, 2.24) is 9.47 Å². The van der Waals surface area contributed by atoms with Crippen LogP contribution in [0.4, 0.5) is 13.2 Å². The summed E-state index contributed by atoms with van der Waals surface area (Å²) in [5.41, 5.74) is 4.77. The van der Waals surface area contributed by atoms with Crippen molar-refractivity contribution in [3.63, 3.8) is 0 Å². The molecule has 216 valence electrons. The third-order valence-electron chi connectivity index (χ3n) is 7.96. The topological polar surface area (TPSA) is 34.5 Å². The summed E-state index contributed by atoms with van der Waals surface area (Å²) in [5.74, 6) is -1.11. The number of halogens is 3. The zero-order valence-corrected chi connectivity index (χ0v) is 23.6. The van der Waals surface area contributed by atoms with Gasteiger partial charge in [-0.15, -0.1) is 0 Å². The highest BCUT2D eigenvalue weighted by Gasteiger charge is 2.25. The van der Waals surface area contributed by atoms with Gasteiger partial charge in [-0.2, -0.15) is 0 Å². The Morgan fingerprint density at radius 2 is 1.59 bits per heavy atom. The predicted molar refractivity (Wildman–Crippen MR) is 155 cm³/mol. The van der Waals surface area contributed by atoms with Gasteiger partial charge in [-0.3, -0.25) is 9.69 Å². The molecule has 0 fully saturated rings. The summed E-state index contributed by atoms with van der Waals surface area (Å²) in [6, 6.07) is 17.4. The summed E-state index contributed by atoms with van der Waals surface area (Å²) in [6.45, 7) is 4.41. The van der Waals surface area contributed by atoms with E-state index in [0.717, 1.165) is 85.0 Å². The van der Waals surface area contributed by atoms with E-state index >= 15 is 0 Å². The lowest BCUT2D eigenvalue weighted by Crippen LogP contribution is -2.32. The number of esters is 1. The zero-order chi connectivity index (χ0) is 28.8. The fourth-order valence-corrected chi connectivity index (χ4v) is 5.85. The molecule has 3 aromatic carbocycles. The number of aromatic nitrogens is 1. The van der Waals surface area contributed by atoms with E-state index in [-0.39, 0.29) is 23.4 Å². The Balaban J connectivity index is 1.28. The maximum atomic E-state index is 14.3. The van der Waals surface area contributed by atoms with E-state index in [4.69, 9.17) is 4.74 Å². The number of fused-ring (bicyclic) bond motifs is 3. The second kappa shape index (κ2) is 13.4. The highest BCUT2D eigenvalue weighted by Crippen LogP contribution is 2.34. The summed E-state index contributed by atoms with van der Waals surface area (Å²) < 4.78 is 49.5. The number of hydrogen-bond acceptors (Lipinski definition) is 3. The summed E-state index contributed by atoms with van der Waals surface area (Å²) in [7, 11) is 0. The van der Waals surface area contributed by atoms with Crippen LogP contribution in [-0.2, 0) is 22.5 Å². The Morgan fingerprint density at radius 1 is 0.878 bits per heavy atom. The molecule has 4 aromatic rings. The zero-order valence-electron chi connectivity index (χ0n) is 23.6. The first-order chi connectivity index (χ1) is 19.9. The third kappa shape index (κ3) is 7.02. The highest BCUT2D eigenvalue weighted by atomic mass is 19.1. The minimum atomic E-state index is -0.427. The maximum Gasteiger partial charge on any atom is 0.306 e. The minimum Gasteiger partial charge on any atom is -0.457 e. The van der Waals surface area contributed by atoms with E-state index in [0.29, 0.717) is 19.4 Å². The monoisotopic (exact) mass is 562 g/mol. The molecular weight excluding hydrogens is 525 g/mol. The number of carbonyl (C=O) groups excluding carboxylic acids is 1. The van der Waals surface area contributed by atoms with Crippen molar-refractivity contribution >= 4 is 16.9 Å². The van der Waals surface area contributed by atoms with Gasteiger partial charge in [0.05, 0.1) is 5.52 Å². The SMILES string of the molecule is CCCCCCC(=O)OC(CCCN1CCc2c(c3cc(F)ccc3n2-c2ccc(F)cc2)C1)c1ccc(F)cc1. The van der Waals surface area contributed by atoms with Gasteiger partial charge in [0.25, 0.3) is 0 Å². The Labute approximate surface area is 239 Å². The van der Waals surface area contributed by atoms with Gasteiger partial charge in [-0.25, -0.2) is 13.2 Å². The standard InChI is InChI=1S/C34H37F3N2O2/c1-2-3-4-5-8-34(40)41-33(24-9-11-25(35)12-10-24)7-6-20-38-21-19-32-30(23-38)29-22-27(37)15-18-31(29)39(32)28-16-13-26(36)14-17-28/h9-18,22,33H,2-8,19-21,23H2,1H3. The van der Waals surface area contributed by atoms with Crippen LogP contribution >= 0.6 is 0 Å². The molecule has 7 heteroatoms. The van der Waals surface area contributed by atoms with Gasteiger partial charge in [0.2, 0.25) is 0 Å². The molecular formula is C34H37F3N2O2. The average molecular weight is 563 g/mol. The molecule has 0 amide bonds. The van der Waals surface area contributed by atoms with Crippen LogP contribution in [0.25, 0.3) is 16.6 Å². The van der Waals surface area contributed by atoms with Gasteiger partial charge >= 0.3 is 5.97 Å². The molecule has 4 nitrogen and oxygen atoms in total. The molecule has 0 saturated carbocycles. The number of benzene rings is 3. The molecule has 0 aliphatic carbocycles. The fourth-order valence-electron chi connectivity index (χ4n) is 5.85. The lowest BCUT2D eigenvalue weighted by atomic mass is 10.0. The largest absolute Gasteiger partial charge is 0.457 e. The maximum absolute atomic E-state index is 14.3. The van der Waals surface area contributed by atoms with Crippen molar-refractivity contribution < 1.29 is 22.7 Å². The number of hydrogen-bond donors (Lipinski definition) is 0. The van der Waals surface area contributed by atoms with Gasteiger partial charge in [0.1, 0.15) is 23.6 Å². The first kappa shape index (κ1) is 28.9. The molecule has 1 aromatic heterocycles. The van der Waals surface area contributed by atoms with Gasteiger partial charge in [0.15, 0.2) is 0 Å².